The molecule has 0 fully saturated rings. The first-order valence-corrected chi connectivity index (χ1v) is 8.14. The number of aromatic nitrogens is 2. The summed E-state index contributed by atoms with van der Waals surface area (Å²) in [6, 6.07) is 5.69. The zero-order valence-electron chi connectivity index (χ0n) is 11.3. The predicted molar refractivity (Wildman–Crippen MR) is 86.1 cm³/mol. The van der Waals surface area contributed by atoms with E-state index in [0.29, 0.717) is 27.7 Å². The monoisotopic (exact) mass is 376 g/mol. The highest BCUT2D eigenvalue weighted by atomic mass is 79.9. The van der Waals surface area contributed by atoms with Crippen LogP contribution in [0.15, 0.2) is 18.2 Å². The minimum absolute atomic E-state index is 0.344. The molecule has 2 rings (SSSR count). The van der Waals surface area contributed by atoms with Crippen molar-refractivity contribution in [3.63, 3.8) is 0 Å². The maximum Gasteiger partial charge on any atom is 0.142 e. The molecule has 0 spiro atoms. The molecule has 0 aliphatic heterocycles. The van der Waals surface area contributed by atoms with Gasteiger partial charge in [0.05, 0.1) is 21.4 Å². The van der Waals surface area contributed by atoms with Gasteiger partial charge >= 0.3 is 0 Å². The van der Waals surface area contributed by atoms with E-state index in [1.165, 1.54) is 0 Å². The molecule has 0 saturated heterocycles. The van der Waals surface area contributed by atoms with Gasteiger partial charge < -0.3 is 4.74 Å². The number of ether oxygens (including phenoxy) is 1. The number of para-hydroxylation sites is 1. The minimum Gasteiger partial charge on any atom is -0.485 e. The number of alkyl halides is 1. The van der Waals surface area contributed by atoms with E-state index in [9.17, 15) is 0 Å². The molecular weight excluding hydrogens is 363 g/mol. The van der Waals surface area contributed by atoms with Crippen molar-refractivity contribution in [1.29, 1.82) is 0 Å². The van der Waals surface area contributed by atoms with Crippen molar-refractivity contribution in [2.24, 2.45) is 0 Å². The van der Waals surface area contributed by atoms with Crippen molar-refractivity contribution in [2.45, 2.75) is 32.3 Å². The Labute approximate surface area is 137 Å². The van der Waals surface area contributed by atoms with Gasteiger partial charge in [-0.1, -0.05) is 51.3 Å². The van der Waals surface area contributed by atoms with Crippen LogP contribution in [0.2, 0.25) is 10.0 Å². The van der Waals surface area contributed by atoms with Gasteiger partial charge in [0.25, 0.3) is 0 Å². The van der Waals surface area contributed by atoms with Crippen molar-refractivity contribution in [3.05, 3.63) is 45.2 Å². The van der Waals surface area contributed by atoms with Gasteiger partial charge in [0.2, 0.25) is 0 Å². The Balaban J connectivity index is 2.25. The molecule has 1 aromatic heterocycles. The molecule has 0 aliphatic rings. The summed E-state index contributed by atoms with van der Waals surface area (Å²) in [5.74, 6) is 0.684. The summed E-state index contributed by atoms with van der Waals surface area (Å²) in [6.07, 6.45) is 0. The van der Waals surface area contributed by atoms with Crippen LogP contribution in [0.4, 0.5) is 0 Å². The Morgan fingerprint density at radius 2 is 2.10 bits per heavy atom. The summed E-state index contributed by atoms with van der Waals surface area (Å²) in [5, 5.41) is 6.30. The summed E-state index contributed by atoms with van der Waals surface area (Å²) >= 11 is 15.9. The average molecular weight is 378 g/mol. The third kappa shape index (κ3) is 3.13. The van der Waals surface area contributed by atoms with E-state index in [1.54, 1.807) is 0 Å². The fourth-order valence-corrected chi connectivity index (χ4v) is 2.85. The van der Waals surface area contributed by atoms with Gasteiger partial charge in [-0.25, -0.2) is 0 Å². The van der Waals surface area contributed by atoms with Crippen molar-refractivity contribution < 1.29 is 4.74 Å². The Morgan fingerprint density at radius 3 is 2.75 bits per heavy atom. The minimum atomic E-state index is 0.344. The van der Waals surface area contributed by atoms with Gasteiger partial charge in [-0.3, -0.25) is 4.68 Å². The molecular formula is C14H15BrCl2N2O. The molecule has 0 radical (unpaired) electrons. The highest BCUT2D eigenvalue weighted by molar-refractivity contribution is 9.08. The number of aryl methyl sites for hydroxylation is 2. The van der Waals surface area contributed by atoms with Crippen LogP contribution >= 0.6 is 39.1 Å². The maximum absolute atomic E-state index is 6.27. The van der Waals surface area contributed by atoms with E-state index in [0.717, 1.165) is 23.5 Å². The van der Waals surface area contributed by atoms with Crippen LogP contribution in [0.25, 0.3) is 0 Å². The van der Waals surface area contributed by atoms with Gasteiger partial charge in [-0.15, -0.1) is 0 Å². The lowest BCUT2D eigenvalue weighted by atomic mass is 10.2. The second-order valence-corrected chi connectivity index (χ2v) is 5.66. The normalized spacial score (nSPS) is 10.8. The molecule has 0 amide bonds. The smallest absolute Gasteiger partial charge is 0.142 e. The fraction of sp³-hybridized carbons (Fsp3) is 0.357. The Morgan fingerprint density at radius 1 is 1.35 bits per heavy atom. The van der Waals surface area contributed by atoms with E-state index in [1.807, 2.05) is 36.7 Å². The number of hydrogen-bond donors (Lipinski definition) is 0. The van der Waals surface area contributed by atoms with Crippen molar-refractivity contribution >= 4 is 39.1 Å². The lowest BCUT2D eigenvalue weighted by Crippen LogP contribution is -2.07. The molecule has 20 heavy (non-hydrogen) atoms. The fourth-order valence-electron chi connectivity index (χ4n) is 1.97. The third-order valence-corrected chi connectivity index (χ3v) is 4.39. The Hall–Kier alpha value is -0.710. The topological polar surface area (TPSA) is 27.1 Å². The average Bonchev–Trinajstić information content (AvgIpc) is 2.72. The van der Waals surface area contributed by atoms with Crippen LogP contribution in [-0.4, -0.2) is 9.78 Å². The molecule has 0 saturated carbocycles. The van der Waals surface area contributed by atoms with Crippen molar-refractivity contribution in [3.8, 4) is 5.75 Å². The second kappa shape index (κ2) is 6.83. The first-order valence-electron chi connectivity index (χ1n) is 6.26. The molecule has 0 bridgehead atoms. The quantitative estimate of drug-likeness (QED) is 0.686. The predicted octanol–water partition coefficient (Wildman–Crippen LogP) is 4.99. The Bertz CT molecular complexity index is 613. The Kier molecular flexibility index (Phi) is 5.35. The van der Waals surface area contributed by atoms with Crippen LogP contribution < -0.4 is 4.74 Å². The molecule has 108 valence electrons. The molecule has 0 unspecified atom stereocenters. The van der Waals surface area contributed by atoms with E-state index < -0.39 is 0 Å². The molecule has 6 heteroatoms. The van der Waals surface area contributed by atoms with E-state index in [-0.39, 0.29) is 0 Å². The molecule has 3 nitrogen and oxygen atoms in total. The number of halogens is 3. The zero-order valence-corrected chi connectivity index (χ0v) is 14.4. The number of nitrogens with zero attached hydrogens (tertiary/aromatic N) is 2. The summed E-state index contributed by atoms with van der Waals surface area (Å²) in [5.41, 5.74) is 2.69. The summed E-state index contributed by atoms with van der Waals surface area (Å²) in [4.78, 5) is 0. The SMILES string of the molecule is CCn1nc(C)c(Cl)c1COc1c(Cl)cccc1CBr. The summed E-state index contributed by atoms with van der Waals surface area (Å²) in [7, 11) is 0. The highest BCUT2D eigenvalue weighted by Crippen LogP contribution is 2.31. The molecule has 0 aliphatic carbocycles. The third-order valence-electron chi connectivity index (χ3n) is 3.00. The molecule has 0 N–H and O–H groups in total. The lowest BCUT2D eigenvalue weighted by Gasteiger charge is -2.12. The number of rotatable bonds is 5. The number of hydrogen-bond acceptors (Lipinski definition) is 2. The van der Waals surface area contributed by atoms with E-state index in [4.69, 9.17) is 27.9 Å². The number of benzene rings is 1. The van der Waals surface area contributed by atoms with Crippen molar-refractivity contribution in [2.75, 3.05) is 0 Å². The van der Waals surface area contributed by atoms with Gasteiger partial charge in [0.1, 0.15) is 12.4 Å². The largest absolute Gasteiger partial charge is 0.485 e. The van der Waals surface area contributed by atoms with Crippen LogP contribution in [-0.2, 0) is 18.5 Å². The second-order valence-electron chi connectivity index (χ2n) is 4.31. The molecule has 1 heterocycles. The van der Waals surface area contributed by atoms with Gasteiger partial charge in [0.15, 0.2) is 0 Å². The van der Waals surface area contributed by atoms with Crippen molar-refractivity contribution in [1.82, 2.24) is 9.78 Å². The molecule has 2 aromatic rings. The lowest BCUT2D eigenvalue weighted by molar-refractivity contribution is 0.290. The van der Waals surface area contributed by atoms with Gasteiger partial charge in [-0.2, -0.15) is 5.10 Å². The zero-order chi connectivity index (χ0) is 14.7. The highest BCUT2D eigenvalue weighted by Gasteiger charge is 2.15. The summed E-state index contributed by atoms with van der Waals surface area (Å²) in [6.45, 7) is 5.00. The standard InChI is InChI=1S/C14H15BrCl2N2O/c1-3-19-12(13(17)9(2)18-19)8-20-14-10(7-15)5-4-6-11(14)16/h4-6H,3,7-8H2,1-2H3. The molecule has 0 atom stereocenters. The summed E-state index contributed by atoms with van der Waals surface area (Å²) < 4.78 is 7.72. The van der Waals surface area contributed by atoms with Gasteiger partial charge in [-0.05, 0) is 19.9 Å². The van der Waals surface area contributed by atoms with Crippen LogP contribution in [0, 0.1) is 6.92 Å². The van der Waals surface area contributed by atoms with Crippen LogP contribution in [0.1, 0.15) is 23.9 Å². The van der Waals surface area contributed by atoms with Crippen LogP contribution in [0.5, 0.6) is 5.75 Å². The van der Waals surface area contributed by atoms with E-state index >= 15 is 0 Å². The first kappa shape index (κ1) is 15.7. The first-order chi connectivity index (χ1) is 9.58. The van der Waals surface area contributed by atoms with E-state index in [2.05, 4.69) is 21.0 Å². The van der Waals surface area contributed by atoms with Crippen LogP contribution in [0.3, 0.4) is 0 Å². The molecule has 1 aromatic carbocycles. The maximum atomic E-state index is 6.27. The van der Waals surface area contributed by atoms with Gasteiger partial charge in [0, 0.05) is 17.4 Å².